The van der Waals surface area contributed by atoms with Gasteiger partial charge in [-0.05, 0) is 24.0 Å². The van der Waals surface area contributed by atoms with Crippen molar-refractivity contribution in [1.82, 2.24) is 9.80 Å². The van der Waals surface area contributed by atoms with Crippen molar-refractivity contribution in [2.75, 3.05) is 26.2 Å². The summed E-state index contributed by atoms with van der Waals surface area (Å²) in [6, 6.07) is 21.0. The maximum atomic E-state index is 13.3. The summed E-state index contributed by atoms with van der Waals surface area (Å²) in [6.07, 6.45) is 0.987. The van der Waals surface area contributed by atoms with Crippen molar-refractivity contribution >= 4 is 11.9 Å². The van der Waals surface area contributed by atoms with Gasteiger partial charge in [0.05, 0.1) is 30.1 Å². The van der Waals surface area contributed by atoms with Crippen LogP contribution in [0.2, 0.25) is 0 Å². The Bertz CT molecular complexity index is 888. The number of benzene rings is 2. The smallest absolute Gasteiger partial charge is 0.310 e. The molecule has 3 saturated heterocycles. The normalized spacial score (nSPS) is 28.2. The Morgan fingerprint density at radius 1 is 0.806 bits per heavy atom. The van der Waals surface area contributed by atoms with Gasteiger partial charge in [0.1, 0.15) is 0 Å². The highest BCUT2D eigenvalue weighted by Crippen LogP contribution is 2.44. The Morgan fingerprint density at radius 3 is 1.84 bits per heavy atom. The third kappa shape index (κ3) is 3.75. The van der Waals surface area contributed by atoms with Crippen molar-refractivity contribution in [3.05, 3.63) is 71.8 Å². The van der Waals surface area contributed by atoms with Gasteiger partial charge in [-0.2, -0.15) is 0 Å². The molecule has 1 amide bonds. The van der Waals surface area contributed by atoms with E-state index in [-0.39, 0.29) is 24.2 Å². The van der Waals surface area contributed by atoms with E-state index in [4.69, 9.17) is 4.74 Å². The molecule has 3 fully saturated rings. The molecule has 5 rings (SSSR count). The largest absolute Gasteiger partial charge is 0.481 e. The fourth-order valence-electron chi connectivity index (χ4n) is 5.60. The molecule has 2 bridgehead atoms. The van der Waals surface area contributed by atoms with Crippen LogP contribution in [0.5, 0.6) is 0 Å². The molecule has 3 heterocycles. The first-order valence-electron chi connectivity index (χ1n) is 11.1. The molecule has 0 saturated carbocycles. The standard InChI is InChI=1S/C25H28N2O4/c28-24(21-19-11-12-20(31-19)22(21)25(29)30)27-15-13-26(14-16-27)23(17-7-3-1-4-8-17)18-9-5-2-6-10-18/h1-10,19-23H,11-16H2,(H,29,30). The average Bonchev–Trinajstić information content (AvgIpc) is 3.43. The van der Waals surface area contributed by atoms with Gasteiger partial charge in [0.15, 0.2) is 0 Å². The summed E-state index contributed by atoms with van der Waals surface area (Å²) in [4.78, 5) is 29.3. The Labute approximate surface area is 182 Å². The number of rotatable bonds is 5. The van der Waals surface area contributed by atoms with Crippen LogP contribution in [0.1, 0.15) is 30.0 Å². The van der Waals surface area contributed by atoms with E-state index < -0.39 is 17.8 Å². The van der Waals surface area contributed by atoms with E-state index in [1.165, 1.54) is 11.1 Å². The van der Waals surface area contributed by atoms with Gasteiger partial charge in [-0.15, -0.1) is 0 Å². The number of fused-ring (bicyclic) bond motifs is 2. The molecule has 4 unspecified atom stereocenters. The first-order chi connectivity index (χ1) is 15.1. The molecule has 0 aromatic heterocycles. The quantitative estimate of drug-likeness (QED) is 0.806. The number of piperazine rings is 1. The molecule has 2 aromatic carbocycles. The van der Waals surface area contributed by atoms with Crippen LogP contribution < -0.4 is 0 Å². The zero-order valence-electron chi connectivity index (χ0n) is 17.5. The number of carboxylic acid groups (broad SMARTS) is 1. The minimum Gasteiger partial charge on any atom is -0.481 e. The van der Waals surface area contributed by atoms with Crippen LogP contribution in [0.4, 0.5) is 0 Å². The lowest BCUT2D eigenvalue weighted by atomic mass is 9.78. The summed E-state index contributed by atoms with van der Waals surface area (Å²) in [5.74, 6) is -2.19. The summed E-state index contributed by atoms with van der Waals surface area (Å²) in [5, 5.41) is 9.66. The van der Waals surface area contributed by atoms with Crippen molar-refractivity contribution < 1.29 is 19.4 Å². The second-order valence-corrected chi connectivity index (χ2v) is 8.77. The van der Waals surface area contributed by atoms with Gasteiger partial charge in [0.2, 0.25) is 5.91 Å². The molecular formula is C25H28N2O4. The fraction of sp³-hybridized carbons (Fsp3) is 0.440. The lowest BCUT2D eigenvalue weighted by Gasteiger charge is -2.41. The molecule has 4 atom stereocenters. The second kappa shape index (κ2) is 8.44. The van der Waals surface area contributed by atoms with Crippen molar-refractivity contribution in [3.63, 3.8) is 0 Å². The van der Waals surface area contributed by atoms with Crippen LogP contribution in [0.25, 0.3) is 0 Å². The average molecular weight is 421 g/mol. The zero-order valence-corrected chi connectivity index (χ0v) is 17.5. The first-order valence-corrected chi connectivity index (χ1v) is 11.1. The van der Waals surface area contributed by atoms with Gasteiger partial charge >= 0.3 is 5.97 Å². The van der Waals surface area contributed by atoms with E-state index >= 15 is 0 Å². The summed E-state index contributed by atoms with van der Waals surface area (Å²) >= 11 is 0. The fourth-order valence-corrected chi connectivity index (χ4v) is 5.60. The third-order valence-corrected chi connectivity index (χ3v) is 7.07. The Balaban J connectivity index is 1.31. The van der Waals surface area contributed by atoms with Gasteiger partial charge in [-0.1, -0.05) is 60.7 Å². The number of carbonyl (C=O) groups is 2. The molecule has 0 aliphatic carbocycles. The molecule has 6 nitrogen and oxygen atoms in total. The highest BCUT2D eigenvalue weighted by molar-refractivity contribution is 5.86. The van der Waals surface area contributed by atoms with Crippen LogP contribution in [0.15, 0.2) is 60.7 Å². The number of hydrogen-bond acceptors (Lipinski definition) is 4. The van der Waals surface area contributed by atoms with E-state index in [9.17, 15) is 14.7 Å². The first kappa shape index (κ1) is 20.2. The molecule has 162 valence electrons. The third-order valence-electron chi connectivity index (χ3n) is 7.07. The van der Waals surface area contributed by atoms with Gasteiger partial charge in [-0.25, -0.2) is 0 Å². The van der Waals surface area contributed by atoms with Crippen LogP contribution in [-0.2, 0) is 14.3 Å². The molecule has 3 aliphatic rings. The van der Waals surface area contributed by atoms with Crippen molar-refractivity contribution in [3.8, 4) is 0 Å². The van der Waals surface area contributed by atoms with Crippen LogP contribution in [0.3, 0.4) is 0 Å². The predicted molar refractivity (Wildman–Crippen MR) is 115 cm³/mol. The second-order valence-electron chi connectivity index (χ2n) is 8.77. The van der Waals surface area contributed by atoms with Crippen molar-refractivity contribution in [1.29, 1.82) is 0 Å². The maximum Gasteiger partial charge on any atom is 0.310 e. The summed E-state index contributed by atoms with van der Waals surface area (Å²) in [5.41, 5.74) is 2.47. The molecule has 0 spiro atoms. The Hall–Kier alpha value is -2.70. The maximum absolute atomic E-state index is 13.3. The van der Waals surface area contributed by atoms with Gasteiger partial charge < -0.3 is 14.7 Å². The Kier molecular flexibility index (Phi) is 5.50. The number of aliphatic carboxylic acids is 1. The molecule has 2 aromatic rings. The SMILES string of the molecule is O=C(O)C1C2CCC(O2)C1C(=O)N1CCN(C(c2ccccc2)c2ccccc2)CC1. The number of nitrogens with zero attached hydrogens (tertiary/aromatic N) is 2. The Morgan fingerprint density at radius 2 is 1.32 bits per heavy atom. The molecule has 1 N–H and O–H groups in total. The van der Waals surface area contributed by atoms with Crippen molar-refractivity contribution in [2.24, 2.45) is 11.8 Å². The number of carboxylic acids is 1. The highest BCUT2D eigenvalue weighted by Gasteiger charge is 2.56. The van der Waals surface area contributed by atoms with Gasteiger partial charge in [-0.3, -0.25) is 14.5 Å². The predicted octanol–water partition coefficient (Wildman–Crippen LogP) is 2.80. The molecule has 31 heavy (non-hydrogen) atoms. The lowest BCUT2D eigenvalue weighted by molar-refractivity contribution is -0.151. The highest BCUT2D eigenvalue weighted by atomic mass is 16.5. The van der Waals surface area contributed by atoms with Crippen LogP contribution in [0, 0.1) is 11.8 Å². The van der Waals surface area contributed by atoms with Crippen LogP contribution in [-0.4, -0.2) is 65.2 Å². The number of hydrogen-bond donors (Lipinski definition) is 1. The van der Waals surface area contributed by atoms with Gasteiger partial charge in [0.25, 0.3) is 0 Å². The zero-order chi connectivity index (χ0) is 21.4. The monoisotopic (exact) mass is 420 g/mol. The summed E-state index contributed by atoms with van der Waals surface area (Å²) < 4.78 is 5.81. The molecule has 6 heteroatoms. The van der Waals surface area contributed by atoms with E-state index in [0.717, 1.165) is 25.9 Å². The number of amides is 1. The van der Waals surface area contributed by atoms with E-state index in [2.05, 4.69) is 53.4 Å². The summed E-state index contributed by atoms with van der Waals surface area (Å²) in [7, 11) is 0. The molecule has 3 aliphatic heterocycles. The summed E-state index contributed by atoms with van der Waals surface area (Å²) in [6.45, 7) is 2.71. The molecular weight excluding hydrogens is 392 g/mol. The number of ether oxygens (including phenoxy) is 1. The van der Waals surface area contributed by atoms with E-state index in [1.807, 2.05) is 17.0 Å². The minimum absolute atomic E-state index is 0.0461. The minimum atomic E-state index is -0.905. The van der Waals surface area contributed by atoms with E-state index in [1.54, 1.807) is 0 Å². The molecule has 0 radical (unpaired) electrons. The topological polar surface area (TPSA) is 70.1 Å². The lowest BCUT2D eigenvalue weighted by Crippen LogP contribution is -2.54. The van der Waals surface area contributed by atoms with E-state index in [0.29, 0.717) is 13.1 Å². The number of carbonyl (C=O) groups excluding carboxylic acids is 1. The van der Waals surface area contributed by atoms with Crippen molar-refractivity contribution in [2.45, 2.75) is 31.1 Å². The van der Waals surface area contributed by atoms with Gasteiger partial charge in [0, 0.05) is 26.2 Å². The van der Waals surface area contributed by atoms with Crippen LogP contribution >= 0.6 is 0 Å².